The van der Waals surface area contributed by atoms with E-state index in [0.717, 1.165) is 55.2 Å². The van der Waals surface area contributed by atoms with Crippen LogP contribution in [0.1, 0.15) is 36.6 Å². The van der Waals surface area contributed by atoms with E-state index in [1.54, 1.807) is 0 Å². The minimum absolute atomic E-state index is 0.0318. The molecule has 0 saturated carbocycles. The fraction of sp³-hybridized carbons (Fsp3) is 0.480. The molecule has 0 bridgehead atoms. The van der Waals surface area contributed by atoms with Gasteiger partial charge in [0.1, 0.15) is 6.04 Å². The standard InChI is InChI=1S/C25H35N3O2/c1-18(2)23(28-10-12-30-13-11-28)17-26-24(21-8-6-5-7-9-21)25(29)27-22-15-19(3)14-20(4)16-22/h5-9,14-16,18,23-24,26H,10-13,17H2,1-4H3,(H,27,29)/t23-,24+/m0/s1. The van der Waals surface area contributed by atoms with Crippen molar-refractivity contribution in [3.8, 4) is 0 Å². The number of anilines is 1. The molecule has 0 aliphatic carbocycles. The van der Waals surface area contributed by atoms with Gasteiger partial charge in [0.15, 0.2) is 0 Å². The third kappa shape index (κ3) is 6.14. The first-order valence-electron chi connectivity index (χ1n) is 10.9. The molecule has 5 nitrogen and oxygen atoms in total. The van der Waals surface area contributed by atoms with Gasteiger partial charge in [0.2, 0.25) is 5.91 Å². The molecule has 30 heavy (non-hydrogen) atoms. The molecule has 0 spiro atoms. The van der Waals surface area contributed by atoms with Crippen LogP contribution >= 0.6 is 0 Å². The molecule has 1 aliphatic rings. The zero-order chi connectivity index (χ0) is 21.5. The quantitative estimate of drug-likeness (QED) is 0.694. The summed E-state index contributed by atoms with van der Waals surface area (Å²) in [5, 5.41) is 6.69. The van der Waals surface area contributed by atoms with E-state index < -0.39 is 6.04 Å². The Balaban J connectivity index is 1.75. The number of carbonyl (C=O) groups is 1. The van der Waals surface area contributed by atoms with Crippen LogP contribution in [0.5, 0.6) is 0 Å². The Kier molecular flexibility index (Phi) is 8.02. The lowest BCUT2D eigenvalue weighted by atomic mass is 10.00. The highest BCUT2D eigenvalue weighted by Crippen LogP contribution is 2.20. The summed E-state index contributed by atoms with van der Waals surface area (Å²) in [6, 6.07) is 16.0. The summed E-state index contributed by atoms with van der Waals surface area (Å²) in [7, 11) is 0. The van der Waals surface area contributed by atoms with E-state index in [1.807, 2.05) is 56.3 Å². The van der Waals surface area contributed by atoms with Gasteiger partial charge in [-0.1, -0.05) is 50.2 Å². The van der Waals surface area contributed by atoms with E-state index in [4.69, 9.17) is 4.74 Å². The molecular weight excluding hydrogens is 374 g/mol. The first kappa shape index (κ1) is 22.5. The normalized spacial score (nSPS) is 17.0. The van der Waals surface area contributed by atoms with E-state index in [0.29, 0.717) is 12.0 Å². The van der Waals surface area contributed by atoms with Crippen LogP contribution in [0.25, 0.3) is 0 Å². The Morgan fingerprint density at radius 2 is 1.67 bits per heavy atom. The second-order valence-corrected chi connectivity index (χ2v) is 8.58. The highest BCUT2D eigenvalue weighted by molar-refractivity contribution is 5.95. The number of nitrogens with one attached hydrogen (secondary N) is 2. The third-order valence-corrected chi connectivity index (χ3v) is 5.70. The monoisotopic (exact) mass is 409 g/mol. The van der Waals surface area contributed by atoms with E-state index in [1.165, 1.54) is 0 Å². The minimum atomic E-state index is -0.408. The van der Waals surface area contributed by atoms with Gasteiger partial charge in [-0.2, -0.15) is 0 Å². The van der Waals surface area contributed by atoms with Crippen molar-refractivity contribution in [2.75, 3.05) is 38.2 Å². The summed E-state index contributed by atoms with van der Waals surface area (Å²) in [4.78, 5) is 15.8. The Morgan fingerprint density at radius 3 is 2.27 bits per heavy atom. The number of benzene rings is 2. The van der Waals surface area contributed by atoms with Gasteiger partial charge < -0.3 is 15.4 Å². The first-order valence-corrected chi connectivity index (χ1v) is 10.9. The molecule has 5 heteroatoms. The van der Waals surface area contributed by atoms with Crippen molar-refractivity contribution >= 4 is 11.6 Å². The number of hydrogen-bond donors (Lipinski definition) is 2. The second kappa shape index (κ2) is 10.7. The van der Waals surface area contributed by atoms with Crippen LogP contribution in [0.4, 0.5) is 5.69 Å². The van der Waals surface area contributed by atoms with Crippen molar-refractivity contribution in [3.05, 3.63) is 65.2 Å². The Morgan fingerprint density at radius 1 is 1.03 bits per heavy atom. The molecule has 2 N–H and O–H groups in total. The van der Waals surface area contributed by atoms with E-state index in [2.05, 4.69) is 35.4 Å². The fourth-order valence-electron chi connectivity index (χ4n) is 4.20. The summed E-state index contributed by atoms with van der Waals surface area (Å²) >= 11 is 0. The summed E-state index contributed by atoms with van der Waals surface area (Å²) in [5.41, 5.74) is 4.10. The molecule has 162 valence electrons. The molecule has 2 aromatic rings. The largest absolute Gasteiger partial charge is 0.379 e. The number of morpholine rings is 1. The molecule has 2 aromatic carbocycles. The lowest BCUT2D eigenvalue weighted by Gasteiger charge is -2.37. The van der Waals surface area contributed by atoms with Crippen LogP contribution in [0.3, 0.4) is 0 Å². The van der Waals surface area contributed by atoms with Crippen molar-refractivity contribution in [1.29, 1.82) is 0 Å². The zero-order valence-electron chi connectivity index (χ0n) is 18.7. The molecule has 1 aliphatic heterocycles. The SMILES string of the molecule is Cc1cc(C)cc(NC(=O)[C@H](NC[C@@H](C(C)C)N2CCOCC2)c2ccccc2)c1. The average molecular weight is 410 g/mol. The highest BCUT2D eigenvalue weighted by Gasteiger charge is 2.27. The molecule has 1 heterocycles. The van der Waals surface area contributed by atoms with Gasteiger partial charge in [-0.15, -0.1) is 0 Å². The molecule has 0 unspecified atom stereocenters. The zero-order valence-corrected chi connectivity index (χ0v) is 18.7. The van der Waals surface area contributed by atoms with Crippen LogP contribution in [0.15, 0.2) is 48.5 Å². The molecule has 1 fully saturated rings. The first-order chi connectivity index (χ1) is 14.4. The van der Waals surface area contributed by atoms with Crippen LogP contribution in [0.2, 0.25) is 0 Å². The van der Waals surface area contributed by atoms with Crippen molar-refractivity contribution in [2.45, 2.75) is 39.8 Å². The number of ether oxygens (including phenoxy) is 1. The molecule has 0 radical (unpaired) electrons. The predicted molar refractivity (Wildman–Crippen MR) is 123 cm³/mol. The summed E-state index contributed by atoms with van der Waals surface area (Å²) in [6.07, 6.45) is 0. The van der Waals surface area contributed by atoms with Crippen molar-refractivity contribution in [1.82, 2.24) is 10.2 Å². The van der Waals surface area contributed by atoms with E-state index in [-0.39, 0.29) is 5.91 Å². The number of hydrogen-bond acceptors (Lipinski definition) is 4. The van der Waals surface area contributed by atoms with Crippen LogP contribution < -0.4 is 10.6 Å². The Bertz CT molecular complexity index is 796. The number of nitrogens with zero attached hydrogens (tertiary/aromatic N) is 1. The Hall–Kier alpha value is -2.21. The number of amides is 1. The molecule has 3 rings (SSSR count). The molecule has 2 atom stereocenters. The summed E-state index contributed by atoms with van der Waals surface area (Å²) in [6.45, 7) is 12.8. The molecular formula is C25H35N3O2. The van der Waals surface area contributed by atoms with Gasteiger partial charge in [0.25, 0.3) is 0 Å². The molecule has 1 saturated heterocycles. The average Bonchev–Trinajstić information content (AvgIpc) is 2.71. The van der Waals surface area contributed by atoms with Crippen molar-refractivity contribution in [3.63, 3.8) is 0 Å². The number of carbonyl (C=O) groups excluding carboxylic acids is 1. The second-order valence-electron chi connectivity index (χ2n) is 8.58. The summed E-state index contributed by atoms with van der Waals surface area (Å²) in [5.74, 6) is 0.449. The lowest BCUT2D eigenvalue weighted by Crippen LogP contribution is -2.51. The van der Waals surface area contributed by atoms with Crippen molar-refractivity contribution in [2.24, 2.45) is 5.92 Å². The maximum atomic E-state index is 13.3. The molecule has 0 aromatic heterocycles. The topological polar surface area (TPSA) is 53.6 Å². The fourth-order valence-corrected chi connectivity index (χ4v) is 4.20. The van der Waals surface area contributed by atoms with Crippen molar-refractivity contribution < 1.29 is 9.53 Å². The smallest absolute Gasteiger partial charge is 0.246 e. The van der Waals surface area contributed by atoms with Gasteiger partial charge >= 0.3 is 0 Å². The van der Waals surface area contributed by atoms with Gasteiger partial charge in [-0.25, -0.2) is 0 Å². The maximum Gasteiger partial charge on any atom is 0.246 e. The van der Waals surface area contributed by atoms with E-state index in [9.17, 15) is 4.79 Å². The summed E-state index contributed by atoms with van der Waals surface area (Å²) < 4.78 is 5.52. The van der Waals surface area contributed by atoms with Gasteiger partial charge in [-0.05, 0) is 48.6 Å². The highest BCUT2D eigenvalue weighted by atomic mass is 16.5. The number of rotatable bonds is 8. The third-order valence-electron chi connectivity index (χ3n) is 5.70. The Labute approximate surface area is 180 Å². The maximum absolute atomic E-state index is 13.3. The van der Waals surface area contributed by atoms with Crippen LogP contribution in [-0.2, 0) is 9.53 Å². The predicted octanol–water partition coefficient (Wildman–Crippen LogP) is 3.93. The van der Waals surface area contributed by atoms with Crippen LogP contribution in [0, 0.1) is 19.8 Å². The lowest BCUT2D eigenvalue weighted by molar-refractivity contribution is -0.118. The van der Waals surface area contributed by atoms with Gasteiger partial charge in [0.05, 0.1) is 13.2 Å². The number of aryl methyl sites for hydroxylation is 2. The van der Waals surface area contributed by atoms with Crippen LogP contribution in [-0.4, -0.2) is 49.7 Å². The van der Waals surface area contributed by atoms with Gasteiger partial charge in [-0.3, -0.25) is 9.69 Å². The molecule has 1 amide bonds. The minimum Gasteiger partial charge on any atom is -0.379 e. The van der Waals surface area contributed by atoms with E-state index >= 15 is 0 Å². The van der Waals surface area contributed by atoms with Gasteiger partial charge in [0, 0.05) is 31.4 Å².